The van der Waals surface area contributed by atoms with E-state index in [-0.39, 0.29) is 24.1 Å². The van der Waals surface area contributed by atoms with E-state index < -0.39 is 0 Å². The molecule has 0 radical (unpaired) electrons. The molecule has 1 aliphatic rings. The fourth-order valence-corrected chi connectivity index (χ4v) is 2.35. The minimum absolute atomic E-state index is 0.0499. The molecule has 0 aliphatic carbocycles. The van der Waals surface area contributed by atoms with Crippen LogP contribution in [0, 0.1) is 5.82 Å². The van der Waals surface area contributed by atoms with Crippen LogP contribution >= 0.6 is 0 Å². The van der Waals surface area contributed by atoms with Crippen molar-refractivity contribution in [2.24, 2.45) is 0 Å². The molecule has 0 aromatic heterocycles. The predicted molar refractivity (Wildman–Crippen MR) is 61.8 cm³/mol. The molecule has 0 spiro atoms. The van der Waals surface area contributed by atoms with Crippen molar-refractivity contribution in [1.82, 2.24) is 5.32 Å². The summed E-state index contributed by atoms with van der Waals surface area (Å²) in [7, 11) is 1.85. The van der Waals surface area contributed by atoms with Crippen LogP contribution in [-0.4, -0.2) is 19.3 Å². The molecule has 1 fully saturated rings. The molecule has 1 heterocycles. The van der Waals surface area contributed by atoms with Crippen molar-refractivity contribution in [2.45, 2.75) is 38.0 Å². The van der Waals surface area contributed by atoms with Gasteiger partial charge in [0.05, 0.1) is 18.2 Å². The first-order valence-electron chi connectivity index (χ1n) is 5.79. The van der Waals surface area contributed by atoms with Crippen LogP contribution in [0.5, 0.6) is 0 Å². The Bertz CT molecular complexity index is 356. The number of hydrogen-bond donors (Lipinski definition) is 1. The van der Waals surface area contributed by atoms with E-state index in [0.717, 1.165) is 12.8 Å². The van der Waals surface area contributed by atoms with E-state index in [1.165, 1.54) is 6.07 Å². The maximum atomic E-state index is 13.7. The summed E-state index contributed by atoms with van der Waals surface area (Å²) in [6.07, 6.45) is 2.41. The highest BCUT2D eigenvalue weighted by Crippen LogP contribution is 2.30. The van der Waals surface area contributed by atoms with Gasteiger partial charge in [0.25, 0.3) is 0 Å². The molecule has 1 aromatic carbocycles. The van der Waals surface area contributed by atoms with Gasteiger partial charge in [-0.1, -0.05) is 18.2 Å². The Labute approximate surface area is 95.8 Å². The number of benzene rings is 1. The van der Waals surface area contributed by atoms with Crippen LogP contribution in [0.4, 0.5) is 4.39 Å². The fourth-order valence-electron chi connectivity index (χ4n) is 2.35. The summed E-state index contributed by atoms with van der Waals surface area (Å²) in [6, 6.07) is 6.84. The lowest BCUT2D eigenvalue weighted by molar-refractivity contribution is 0.0325. The van der Waals surface area contributed by atoms with Crippen LogP contribution in [0.3, 0.4) is 0 Å². The average molecular weight is 223 g/mol. The summed E-state index contributed by atoms with van der Waals surface area (Å²) >= 11 is 0. The van der Waals surface area contributed by atoms with Gasteiger partial charge in [0, 0.05) is 5.56 Å². The quantitative estimate of drug-likeness (QED) is 0.850. The van der Waals surface area contributed by atoms with Crippen LogP contribution in [0.2, 0.25) is 0 Å². The first-order valence-corrected chi connectivity index (χ1v) is 5.79. The van der Waals surface area contributed by atoms with Crippen LogP contribution in [0.1, 0.15) is 31.4 Å². The Kier molecular flexibility index (Phi) is 3.56. The van der Waals surface area contributed by atoms with E-state index in [4.69, 9.17) is 4.74 Å². The summed E-state index contributed by atoms with van der Waals surface area (Å²) in [5.74, 6) is -0.162. The lowest BCUT2D eigenvalue weighted by Crippen LogP contribution is -2.30. The van der Waals surface area contributed by atoms with Crippen molar-refractivity contribution in [3.63, 3.8) is 0 Å². The number of nitrogens with one attached hydrogen (secondary N) is 1. The van der Waals surface area contributed by atoms with Gasteiger partial charge in [-0.05, 0) is 32.9 Å². The van der Waals surface area contributed by atoms with E-state index in [1.54, 1.807) is 6.07 Å². The third kappa shape index (κ3) is 2.25. The first-order chi connectivity index (χ1) is 7.72. The highest BCUT2D eigenvalue weighted by Gasteiger charge is 2.30. The second kappa shape index (κ2) is 4.93. The summed E-state index contributed by atoms with van der Waals surface area (Å²) < 4.78 is 19.5. The predicted octanol–water partition coefficient (Wildman–Crippen LogP) is 2.65. The van der Waals surface area contributed by atoms with Crippen molar-refractivity contribution in [3.05, 3.63) is 35.6 Å². The lowest BCUT2D eigenvalue weighted by atomic mass is 9.99. The number of halogens is 1. The maximum Gasteiger partial charge on any atom is 0.128 e. The van der Waals surface area contributed by atoms with Crippen LogP contribution in [0.25, 0.3) is 0 Å². The molecule has 16 heavy (non-hydrogen) atoms. The van der Waals surface area contributed by atoms with E-state index in [1.807, 2.05) is 19.2 Å². The van der Waals surface area contributed by atoms with Gasteiger partial charge < -0.3 is 10.1 Å². The van der Waals surface area contributed by atoms with Gasteiger partial charge in [0.2, 0.25) is 0 Å². The van der Waals surface area contributed by atoms with E-state index in [0.29, 0.717) is 5.56 Å². The zero-order valence-electron chi connectivity index (χ0n) is 9.74. The van der Waals surface area contributed by atoms with Crippen molar-refractivity contribution < 1.29 is 9.13 Å². The highest BCUT2D eigenvalue weighted by atomic mass is 19.1. The molecule has 3 atom stereocenters. The zero-order valence-corrected chi connectivity index (χ0v) is 9.74. The van der Waals surface area contributed by atoms with Gasteiger partial charge in [-0.15, -0.1) is 0 Å². The van der Waals surface area contributed by atoms with Gasteiger partial charge >= 0.3 is 0 Å². The lowest BCUT2D eigenvalue weighted by Gasteiger charge is -2.23. The second-order valence-electron chi connectivity index (χ2n) is 4.35. The van der Waals surface area contributed by atoms with Gasteiger partial charge in [-0.2, -0.15) is 0 Å². The summed E-state index contributed by atoms with van der Waals surface area (Å²) in [6.45, 7) is 2.06. The summed E-state index contributed by atoms with van der Waals surface area (Å²) in [5.41, 5.74) is 0.698. The van der Waals surface area contributed by atoms with E-state index in [2.05, 4.69) is 12.2 Å². The Hall–Kier alpha value is -0.930. The minimum Gasteiger partial charge on any atom is -0.373 e. The minimum atomic E-state index is -0.162. The average Bonchev–Trinajstić information content (AvgIpc) is 2.69. The molecular formula is C13H18FNO. The fraction of sp³-hybridized carbons (Fsp3) is 0.538. The molecular weight excluding hydrogens is 205 g/mol. The van der Waals surface area contributed by atoms with Crippen molar-refractivity contribution in [2.75, 3.05) is 7.05 Å². The normalized spacial score (nSPS) is 26.9. The number of likely N-dealkylation sites (N-methyl/N-ethyl adjacent to an activating group) is 1. The van der Waals surface area contributed by atoms with Crippen LogP contribution < -0.4 is 5.32 Å². The van der Waals surface area contributed by atoms with E-state index >= 15 is 0 Å². The topological polar surface area (TPSA) is 21.3 Å². The molecule has 2 rings (SSSR count). The SMILES string of the molecule is CNC(c1ccccc1F)C1CCC(C)O1. The highest BCUT2D eigenvalue weighted by molar-refractivity contribution is 5.22. The molecule has 0 amide bonds. The Morgan fingerprint density at radius 3 is 2.69 bits per heavy atom. The molecule has 0 saturated carbocycles. The monoisotopic (exact) mass is 223 g/mol. The molecule has 88 valence electrons. The molecule has 1 saturated heterocycles. The van der Waals surface area contributed by atoms with Crippen molar-refractivity contribution in [3.8, 4) is 0 Å². The number of hydrogen-bond acceptors (Lipinski definition) is 2. The van der Waals surface area contributed by atoms with E-state index in [9.17, 15) is 4.39 Å². The summed E-state index contributed by atoms with van der Waals surface area (Å²) in [5, 5.41) is 3.16. The van der Waals surface area contributed by atoms with Gasteiger partial charge in [-0.3, -0.25) is 0 Å². The Morgan fingerprint density at radius 2 is 2.12 bits per heavy atom. The molecule has 3 heteroatoms. The standard InChI is InChI=1S/C13H18FNO/c1-9-7-8-12(16-9)13(15-2)10-5-3-4-6-11(10)14/h3-6,9,12-13,15H,7-8H2,1-2H3. The van der Waals surface area contributed by atoms with Crippen LogP contribution in [0.15, 0.2) is 24.3 Å². The van der Waals surface area contributed by atoms with Gasteiger partial charge in [-0.25, -0.2) is 4.39 Å². The number of rotatable bonds is 3. The molecule has 1 N–H and O–H groups in total. The zero-order chi connectivity index (χ0) is 11.5. The molecule has 1 aliphatic heterocycles. The second-order valence-corrected chi connectivity index (χ2v) is 4.35. The molecule has 1 aromatic rings. The Balaban J connectivity index is 2.19. The largest absolute Gasteiger partial charge is 0.373 e. The van der Waals surface area contributed by atoms with Crippen molar-refractivity contribution >= 4 is 0 Å². The third-order valence-corrected chi connectivity index (χ3v) is 3.19. The van der Waals surface area contributed by atoms with Crippen molar-refractivity contribution in [1.29, 1.82) is 0 Å². The molecule has 3 unspecified atom stereocenters. The summed E-state index contributed by atoms with van der Waals surface area (Å²) in [4.78, 5) is 0. The molecule has 0 bridgehead atoms. The third-order valence-electron chi connectivity index (χ3n) is 3.19. The van der Waals surface area contributed by atoms with Gasteiger partial charge in [0.1, 0.15) is 5.82 Å². The maximum absolute atomic E-state index is 13.7. The first kappa shape index (κ1) is 11.6. The number of ether oxygens (including phenoxy) is 1. The van der Waals surface area contributed by atoms with Crippen LogP contribution in [-0.2, 0) is 4.74 Å². The smallest absolute Gasteiger partial charge is 0.128 e. The van der Waals surface area contributed by atoms with Gasteiger partial charge in [0.15, 0.2) is 0 Å². The molecule has 2 nitrogen and oxygen atoms in total. The Morgan fingerprint density at radius 1 is 1.38 bits per heavy atom.